The van der Waals surface area contributed by atoms with Crippen molar-refractivity contribution in [3.8, 4) is 11.5 Å². The van der Waals surface area contributed by atoms with Gasteiger partial charge >= 0.3 is 0 Å². The molecule has 1 saturated heterocycles. The van der Waals surface area contributed by atoms with E-state index in [0.29, 0.717) is 11.3 Å². The highest BCUT2D eigenvalue weighted by Gasteiger charge is 2.17. The Bertz CT molecular complexity index is 626. The Hall–Kier alpha value is -2.04. The van der Waals surface area contributed by atoms with Gasteiger partial charge in [0, 0.05) is 25.2 Å². The summed E-state index contributed by atoms with van der Waals surface area (Å²) in [6.07, 6.45) is 0.992. The molecule has 0 unspecified atom stereocenters. The molecule has 1 aliphatic rings. The number of para-hydroxylation sites is 1. The van der Waals surface area contributed by atoms with Crippen LogP contribution in [0.25, 0.3) is 0 Å². The van der Waals surface area contributed by atoms with Gasteiger partial charge in [0.15, 0.2) is 0 Å². The molecule has 5 heteroatoms. The molecule has 4 nitrogen and oxygen atoms in total. The third kappa shape index (κ3) is 4.71. The predicted octanol–water partition coefficient (Wildman–Crippen LogP) is 3.34. The Labute approximate surface area is 142 Å². The minimum Gasteiger partial charge on any atom is -0.457 e. The second-order valence-electron chi connectivity index (χ2n) is 5.34. The van der Waals surface area contributed by atoms with Crippen molar-refractivity contribution in [1.29, 1.82) is 0 Å². The zero-order valence-electron chi connectivity index (χ0n) is 12.9. The number of amides is 1. The second-order valence-corrected chi connectivity index (χ2v) is 5.34. The predicted molar refractivity (Wildman–Crippen MR) is 93.6 cm³/mol. The molecular weight excluding hydrogens is 312 g/mol. The van der Waals surface area contributed by atoms with Gasteiger partial charge in [-0.15, -0.1) is 12.4 Å². The molecular formula is C18H21ClN2O2. The molecule has 1 fully saturated rings. The fourth-order valence-corrected chi connectivity index (χ4v) is 2.55. The van der Waals surface area contributed by atoms with Gasteiger partial charge in [0.2, 0.25) is 0 Å². The van der Waals surface area contributed by atoms with E-state index in [2.05, 4.69) is 5.32 Å². The number of hydrogen-bond donors (Lipinski definition) is 1. The summed E-state index contributed by atoms with van der Waals surface area (Å²) in [6, 6.07) is 17.0. The molecule has 1 heterocycles. The summed E-state index contributed by atoms with van der Waals surface area (Å²) in [5.41, 5.74) is 0.676. The van der Waals surface area contributed by atoms with Crippen molar-refractivity contribution < 1.29 is 9.53 Å². The van der Waals surface area contributed by atoms with Crippen LogP contribution < -0.4 is 10.1 Å². The first-order chi connectivity index (χ1) is 10.8. The van der Waals surface area contributed by atoms with E-state index in [9.17, 15) is 4.79 Å². The van der Waals surface area contributed by atoms with Gasteiger partial charge in [-0.2, -0.15) is 0 Å². The molecule has 2 aromatic rings. The van der Waals surface area contributed by atoms with Crippen molar-refractivity contribution >= 4 is 18.3 Å². The summed E-state index contributed by atoms with van der Waals surface area (Å²) in [6.45, 7) is 3.38. The van der Waals surface area contributed by atoms with Crippen molar-refractivity contribution in [2.45, 2.75) is 6.42 Å². The molecule has 0 spiro atoms. The van der Waals surface area contributed by atoms with E-state index < -0.39 is 0 Å². The maximum absolute atomic E-state index is 12.6. The summed E-state index contributed by atoms with van der Waals surface area (Å²) in [5, 5.41) is 3.31. The molecule has 122 valence electrons. The fourth-order valence-electron chi connectivity index (χ4n) is 2.55. The maximum atomic E-state index is 12.6. The molecule has 0 saturated carbocycles. The first-order valence-electron chi connectivity index (χ1n) is 7.66. The standard InChI is InChI=1S/C18H20N2O2.ClH/c21-18(20-12-5-10-19-11-13-20)15-6-4-9-17(14-15)22-16-7-2-1-3-8-16;/h1-4,6-9,14,19H,5,10-13H2;1H. The number of ether oxygens (including phenoxy) is 1. The molecule has 0 aliphatic carbocycles. The highest BCUT2D eigenvalue weighted by atomic mass is 35.5. The van der Waals surface area contributed by atoms with E-state index >= 15 is 0 Å². The van der Waals surface area contributed by atoms with Crippen molar-refractivity contribution in [1.82, 2.24) is 10.2 Å². The summed E-state index contributed by atoms with van der Waals surface area (Å²) < 4.78 is 5.80. The zero-order valence-corrected chi connectivity index (χ0v) is 13.7. The van der Waals surface area contributed by atoms with Crippen LogP contribution in [0.5, 0.6) is 11.5 Å². The Morgan fingerprint density at radius 2 is 1.74 bits per heavy atom. The third-order valence-electron chi connectivity index (χ3n) is 3.69. The average Bonchev–Trinajstić information content (AvgIpc) is 2.85. The minimum absolute atomic E-state index is 0. The Morgan fingerprint density at radius 3 is 2.57 bits per heavy atom. The SMILES string of the molecule is Cl.O=C(c1cccc(Oc2ccccc2)c1)N1CCCNCC1. The number of carbonyl (C=O) groups is 1. The van der Waals surface area contributed by atoms with Crippen LogP contribution in [0.4, 0.5) is 0 Å². The normalized spacial score (nSPS) is 14.5. The van der Waals surface area contributed by atoms with E-state index in [1.807, 2.05) is 59.5 Å². The van der Waals surface area contributed by atoms with Crippen LogP contribution in [0, 0.1) is 0 Å². The van der Waals surface area contributed by atoms with E-state index in [1.165, 1.54) is 0 Å². The third-order valence-corrected chi connectivity index (χ3v) is 3.69. The number of carbonyl (C=O) groups excluding carboxylic acids is 1. The molecule has 1 amide bonds. The lowest BCUT2D eigenvalue weighted by atomic mass is 10.2. The number of hydrogen-bond acceptors (Lipinski definition) is 3. The van der Waals surface area contributed by atoms with Gasteiger partial charge in [-0.3, -0.25) is 4.79 Å². The second kappa shape index (κ2) is 8.56. The number of halogens is 1. The van der Waals surface area contributed by atoms with E-state index in [1.54, 1.807) is 0 Å². The van der Waals surface area contributed by atoms with E-state index in [-0.39, 0.29) is 18.3 Å². The number of nitrogens with zero attached hydrogens (tertiary/aromatic N) is 1. The van der Waals surface area contributed by atoms with Crippen LogP contribution in [0.1, 0.15) is 16.8 Å². The topological polar surface area (TPSA) is 41.6 Å². The molecule has 3 rings (SSSR count). The van der Waals surface area contributed by atoms with Crippen LogP contribution in [0.3, 0.4) is 0 Å². The van der Waals surface area contributed by atoms with Gasteiger partial charge in [-0.25, -0.2) is 0 Å². The largest absolute Gasteiger partial charge is 0.457 e. The van der Waals surface area contributed by atoms with E-state index in [4.69, 9.17) is 4.74 Å². The van der Waals surface area contributed by atoms with Crippen LogP contribution in [-0.4, -0.2) is 37.0 Å². The van der Waals surface area contributed by atoms with Gasteiger partial charge in [0.25, 0.3) is 5.91 Å². The molecule has 0 atom stereocenters. The van der Waals surface area contributed by atoms with Crippen LogP contribution in [0.2, 0.25) is 0 Å². The summed E-state index contributed by atoms with van der Waals surface area (Å²) in [7, 11) is 0. The smallest absolute Gasteiger partial charge is 0.254 e. The minimum atomic E-state index is 0. The van der Waals surface area contributed by atoms with E-state index in [0.717, 1.165) is 38.3 Å². The van der Waals surface area contributed by atoms with Crippen molar-refractivity contribution in [3.63, 3.8) is 0 Å². The van der Waals surface area contributed by atoms with Gasteiger partial charge in [-0.05, 0) is 43.3 Å². The van der Waals surface area contributed by atoms with Gasteiger partial charge in [0.05, 0.1) is 0 Å². The average molecular weight is 333 g/mol. The molecule has 0 aromatic heterocycles. The summed E-state index contributed by atoms with van der Waals surface area (Å²) >= 11 is 0. The lowest BCUT2D eigenvalue weighted by Gasteiger charge is -2.20. The molecule has 2 aromatic carbocycles. The first kappa shape index (κ1) is 17.3. The molecule has 1 N–H and O–H groups in total. The summed E-state index contributed by atoms with van der Waals surface area (Å²) in [4.78, 5) is 14.5. The Kier molecular flexibility index (Phi) is 6.44. The zero-order chi connectivity index (χ0) is 15.2. The van der Waals surface area contributed by atoms with Crippen molar-refractivity contribution in [3.05, 3.63) is 60.2 Å². The lowest BCUT2D eigenvalue weighted by molar-refractivity contribution is 0.0766. The molecule has 1 aliphatic heterocycles. The van der Waals surface area contributed by atoms with Crippen LogP contribution in [-0.2, 0) is 0 Å². The maximum Gasteiger partial charge on any atom is 0.254 e. The summed E-state index contributed by atoms with van der Waals surface area (Å²) in [5.74, 6) is 1.53. The lowest BCUT2D eigenvalue weighted by Crippen LogP contribution is -2.34. The van der Waals surface area contributed by atoms with Gasteiger partial charge in [-0.1, -0.05) is 24.3 Å². The van der Waals surface area contributed by atoms with Gasteiger partial charge in [0.1, 0.15) is 11.5 Å². The number of benzene rings is 2. The molecule has 23 heavy (non-hydrogen) atoms. The first-order valence-corrected chi connectivity index (χ1v) is 7.66. The fraction of sp³-hybridized carbons (Fsp3) is 0.278. The number of nitrogens with one attached hydrogen (secondary N) is 1. The Balaban J connectivity index is 0.00000192. The van der Waals surface area contributed by atoms with Crippen molar-refractivity contribution in [2.24, 2.45) is 0 Å². The Morgan fingerprint density at radius 1 is 0.957 bits per heavy atom. The monoisotopic (exact) mass is 332 g/mol. The number of rotatable bonds is 3. The molecule has 0 bridgehead atoms. The highest BCUT2D eigenvalue weighted by molar-refractivity contribution is 5.94. The van der Waals surface area contributed by atoms with Crippen LogP contribution >= 0.6 is 12.4 Å². The van der Waals surface area contributed by atoms with Crippen molar-refractivity contribution in [2.75, 3.05) is 26.2 Å². The quantitative estimate of drug-likeness (QED) is 0.937. The molecule has 0 radical (unpaired) electrons. The van der Waals surface area contributed by atoms with Crippen LogP contribution in [0.15, 0.2) is 54.6 Å². The highest BCUT2D eigenvalue weighted by Crippen LogP contribution is 2.22. The van der Waals surface area contributed by atoms with Gasteiger partial charge < -0.3 is 15.0 Å².